The Morgan fingerprint density at radius 2 is 2.00 bits per heavy atom. The largest absolute Gasteiger partial charge is 0.507 e. The van der Waals surface area contributed by atoms with Crippen LogP contribution in [0.2, 0.25) is 0 Å². The van der Waals surface area contributed by atoms with Crippen molar-refractivity contribution >= 4 is 21.6 Å². The first-order valence-electron chi connectivity index (χ1n) is 6.91. The van der Waals surface area contributed by atoms with E-state index < -0.39 is 0 Å². The Hall–Kier alpha value is -1.48. The van der Waals surface area contributed by atoms with Crippen molar-refractivity contribution in [3.8, 4) is 5.75 Å². The van der Waals surface area contributed by atoms with Crippen molar-refractivity contribution in [2.24, 2.45) is 0 Å². The van der Waals surface area contributed by atoms with Crippen molar-refractivity contribution in [2.45, 2.75) is 32.7 Å². The summed E-state index contributed by atoms with van der Waals surface area (Å²) in [7, 11) is 0. The topological polar surface area (TPSA) is 32.3 Å². The number of aromatic hydroxyl groups is 1. The van der Waals surface area contributed by atoms with Crippen LogP contribution >= 0.6 is 15.9 Å². The molecule has 3 heteroatoms. The summed E-state index contributed by atoms with van der Waals surface area (Å²) in [6, 6.07) is 10.7. The number of hydrogen-bond donors (Lipinski definition) is 2. The lowest BCUT2D eigenvalue weighted by Gasteiger charge is -2.18. The van der Waals surface area contributed by atoms with Crippen LogP contribution in [0.4, 0.5) is 5.69 Å². The number of phenolic OH excluding ortho intramolecular Hbond substituents is 1. The first-order chi connectivity index (χ1) is 9.58. The number of fused-ring (bicyclic) bond motifs is 1. The van der Waals surface area contributed by atoms with E-state index in [0.717, 1.165) is 29.7 Å². The molecule has 104 valence electrons. The summed E-state index contributed by atoms with van der Waals surface area (Å²) in [5.41, 5.74) is 5.62. The van der Waals surface area contributed by atoms with Crippen LogP contribution in [0.15, 0.2) is 34.8 Å². The number of benzene rings is 2. The molecule has 1 atom stereocenters. The minimum Gasteiger partial charge on any atom is -0.507 e. The SMILES string of the molecule is Cc1ccc(NC2CCc3c(Br)cccc32)c(C)c1O. The van der Waals surface area contributed by atoms with Gasteiger partial charge in [-0.2, -0.15) is 0 Å². The van der Waals surface area contributed by atoms with Crippen LogP contribution < -0.4 is 5.32 Å². The highest BCUT2D eigenvalue weighted by Gasteiger charge is 2.24. The molecule has 1 unspecified atom stereocenters. The molecular formula is C17H18BrNO. The van der Waals surface area contributed by atoms with E-state index in [2.05, 4.69) is 45.5 Å². The van der Waals surface area contributed by atoms with Crippen molar-refractivity contribution in [3.63, 3.8) is 0 Å². The maximum atomic E-state index is 10.1. The standard InChI is InChI=1S/C17H18BrNO/c1-10-6-8-15(11(2)17(10)20)19-16-9-7-12-13(16)4-3-5-14(12)18/h3-6,8,16,19-20H,7,9H2,1-2H3. The second-order valence-corrected chi connectivity index (χ2v) is 6.30. The smallest absolute Gasteiger partial charge is 0.123 e. The Balaban J connectivity index is 1.92. The molecule has 0 spiro atoms. The van der Waals surface area contributed by atoms with Crippen molar-refractivity contribution in [1.29, 1.82) is 0 Å². The van der Waals surface area contributed by atoms with Gasteiger partial charge in [-0.25, -0.2) is 0 Å². The molecule has 1 aliphatic rings. The van der Waals surface area contributed by atoms with E-state index >= 15 is 0 Å². The van der Waals surface area contributed by atoms with E-state index in [0.29, 0.717) is 11.8 Å². The molecule has 0 fully saturated rings. The van der Waals surface area contributed by atoms with Gasteiger partial charge in [0.1, 0.15) is 5.75 Å². The minimum absolute atomic E-state index is 0.323. The quantitative estimate of drug-likeness (QED) is 0.822. The highest BCUT2D eigenvalue weighted by Crippen LogP contribution is 2.39. The molecule has 2 aromatic carbocycles. The summed E-state index contributed by atoms with van der Waals surface area (Å²) < 4.78 is 1.20. The van der Waals surface area contributed by atoms with Gasteiger partial charge in [-0.3, -0.25) is 0 Å². The van der Waals surface area contributed by atoms with Gasteiger partial charge in [-0.15, -0.1) is 0 Å². The number of nitrogens with one attached hydrogen (secondary N) is 1. The molecule has 0 amide bonds. The molecule has 0 aliphatic heterocycles. The number of hydrogen-bond acceptors (Lipinski definition) is 2. The van der Waals surface area contributed by atoms with Crippen LogP contribution in [0.1, 0.15) is 34.7 Å². The molecular weight excluding hydrogens is 314 g/mol. The third-order valence-corrected chi connectivity index (χ3v) is 4.92. The van der Waals surface area contributed by atoms with Gasteiger partial charge in [0.05, 0.1) is 6.04 Å². The van der Waals surface area contributed by atoms with Gasteiger partial charge < -0.3 is 10.4 Å². The predicted molar refractivity (Wildman–Crippen MR) is 86.4 cm³/mol. The van der Waals surface area contributed by atoms with Crippen LogP contribution in [0.3, 0.4) is 0 Å². The molecule has 2 aromatic rings. The summed E-state index contributed by atoms with van der Waals surface area (Å²) in [6.07, 6.45) is 2.18. The average molecular weight is 332 g/mol. The highest BCUT2D eigenvalue weighted by atomic mass is 79.9. The van der Waals surface area contributed by atoms with E-state index in [1.54, 1.807) is 0 Å². The normalized spacial score (nSPS) is 17.1. The second-order valence-electron chi connectivity index (χ2n) is 5.45. The van der Waals surface area contributed by atoms with Gasteiger partial charge in [0.2, 0.25) is 0 Å². The number of rotatable bonds is 2. The molecule has 20 heavy (non-hydrogen) atoms. The molecule has 0 saturated heterocycles. The average Bonchev–Trinajstić information content (AvgIpc) is 2.84. The van der Waals surface area contributed by atoms with E-state index in [1.807, 2.05) is 19.9 Å². The van der Waals surface area contributed by atoms with Gasteiger partial charge >= 0.3 is 0 Å². The van der Waals surface area contributed by atoms with Gasteiger partial charge in [-0.1, -0.05) is 34.1 Å². The second kappa shape index (κ2) is 5.13. The maximum absolute atomic E-state index is 10.1. The Kier molecular flexibility index (Phi) is 3.47. The summed E-state index contributed by atoms with van der Waals surface area (Å²) in [6.45, 7) is 3.88. The van der Waals surface area contributed by atoms with Crippen LogP contribution in [0.25, 0.3) is 0 Å². The fourth-order valence-corrected chi connectivity index (χ4v) is 3.52. The molecule has 0 radical (unpaired) electrons. The first kappa shape index (κ1) is 13.5. The fourth-order valence-electron chi connectivity index (χ4n) is 2.94. The minimum atomic E-state index is 0.323. The number of anilines is 1. The Morgan fingerprint density at radius 1 is 1.20 bits per heavy atom. The van der Waals surface area contributed by atoms with Gasteiger partial charge in [0.15, 0.2) is 0 Å². The summed E-state index contributed by atoms with van der Waals surface area (Å²) in [4.78, 5) is 0. The molecule has 0 heterocycles. The molecule has 0 aromatic heterocycles. The van der Waals surface area contributed by atoms with Crippen molar-refractivity contribution in [2.75, 3.05) is 5.32 Å². The van der Waals surface area contributed by atoms with Crippen LogP contribution in [-0.2, 0) is 6.42 Å². The van der Waals surface area contributed by atoms with Crippen molar-refractivity contribution < 1.29 is 5.11 Å². The number of phenols is 1. The lowest BCUT2D eigenvalue weighted by atomic mass is 10.1. The first-order valence-corrected chi connectivity index (χ1v) is 7.70. The summed E-state index contributed by atoms with van der Waals surface area (Å²) in [5, 5.41) is 13.6. The van der Waals surface area contributed by atoms with E-state index in [4.69, 9.17) is 0 Å². The number of aryl methyl sites for hydroxylation is 1. The molecule has 2 N–H and O–H groups in total. The monoisotopic (exact) mass is 331 g/mol. The zero-order chi connectivity index (χ0) is 14.3. The molecule has 0 saturated carbocycles. The Bertz CT molecular complexity index is 666. The zero-order valence-electron chi connectivity index (χ0n) is 11.7. The zero-order valence-corrected chi connectivity index (χ0v) is 13.3. The van der Waals surface area contributed by atoms with E-state index in [9.17, 15) is 5.11 Å². The molecule has 0 bridgehead atoms. The lowest BCUT2D eigenvalue weighted by molar-refractivity contribution is 0.467. The van der Waals surface area contributed by atoms with E-state index in [-0.39, 0.29) is 0 Å². The van der Waals surface area contributed by atoms with Crippen molar-refractivity contribution in [1.82, 2.24) is 0 Å². The summed E-state index contributed by atoms with van der Waals surface area (Å²) >= 11 is 3.63. The van der Waals surface area contributed by atoms with Crippen LogP contribution in [-0.4, -0.2) is 5.11 Å². The third-order valence-electron chi connectivity index (χ3n) is 4.18. The highest BCUT2D eigenvalue weighted by molar-refractivity contribution is 9.10. The number of halogens is 1. The summed E-state index contributed by atoms with van der Waals surface area (Å²) in [5.74, 6) is 0.391. The Morgan fingerprint density at radius 3 is 2.80 bits per heavy atom. The molecule has 2 nitrogen and oxygen atoms in total. The fraction of sp³-hybridized carbons (Fsp3) is 0.294. The molecule has 3 rings (SSSR count). The van der Waals surface area contributed by atoms with Crippen LogP contribution in [0.5, 0.6) is 5.75 Å². The molecule has 1 aliphatic carbocycles. The van der Waals surface area contributed by atoms with E-state index in [1.165, 1.54) is 15.6 Å². The van der Waals surface area contributed by atoms with Gasteiger partial charge in [0.25, 0.3) is 0 Å². The van der Waals surface area contributed by atoms with Crippen molar-refractivity contribution in [3.05, 3.63) is 57.1 Å². The van der Waals surface area contributed by atoms with Gasteiger partial charge in [0, 0.05) is 15.7 Å². The van der Waals surface area contributed by atoms with Crippen LogP contribution in [0, 0.1) is 13.8 Å². The van der Waals surface area contributed by atoms with Gasteiger partial charge in [-0.05, 0) is 55.5 Å². The lowest BCUT2D eigenvalue weighted by Crippen LogP contribution is -2.08. The maximum Gasteiger partial charge on any atom is 0.123 e. The Labute approximate surface area is 128 Å². The third kappa shape index (κ3) is 2.20. The predicted octanol–water partition coefficient (Wildman–Crippen LogP) is 4.87.